The minimum Gasteiger partial charge on any atom is -0.494 e. The standard InChI is InChI=1S/C18H25FN2O3/c1-18(20)9-7-13(8-10-18)21-17(23)6-4-15(22)12-3-5-16(24-2)14(19)11-12/h3,5,11,13H,4,6-10,20H2,1-2H3,(H,21,23). The predicted molar refractivity (Wildman–Crippen MR) is 89.5 cm³/mol. The summed E-state index contributed by atoms with van der Waals surface area (Å²) in [4.78, 5) is 24.1. The normalized spacial score (nSPS) is 23.6. The Balaban J connectivity index is 1.79. The molecule has 1 fully saturated rings. The summed E-state index contributed by atoms with van der Waals surface area (Å²) in [7, 11) is 1.36. The molecule has 1 saturated carbocycles. The van der Waals surface area contributed by atoms with Crippen molar-refractivity contribution < 1.29 is 18.7 Å². The van der Waals surface area contributed by atoms with Crippen LogP contribution in [0.3, 0.4) is 0 Å². The predicted octanol–water partition coefficient (Wildman–Crippen LogP) is 2.57. The Morgan fingerprint density at radius 2 is 2.00 bits per heavy atom. The number of hydrogen-bond acceptors (Lipinski definition) is 4. The first-order chi connectivity index (χ1) is 11.3. The largest absolute Gasteiger partial charge is 0.494 e. The van der Waals surface area contributed by atoms with Crippen LogP contribution >= 0.6 is 0 Å². The van der Waals surface area contributed by atoms with Crippen LogP contribution in [-0.4, -0.2) is 30.4 Å². The number of nitrogens with one attached hydrogen (secondary N) is 1. The van der Waals surface area contributed by atoms with Crippen molar-refractivity contribution in [3.8, 4) is 5.75 Å². The van der Waals surface area contributed by atoms with Gasteiger partial charge in [-0.05, 0) is 50.8 Å². The highest BCUT2D eigenvalue weighted by Gasteiger charge is 2.28. The number of carbonyl (C=O) groups is 2. The van der Waals surface area contributed by atoms with Gasteiger partial charge in [0.05, 0.1) is 7.11 Å². The maximum absolute atomic E-state index is 13.6. The molecule has 0 heterocycles. The molecular formula is C18H25FN2O3. The number of ether oxygens (including phenoxy) is 1. The summed E-state index contributed by atoms with van der Waals surface area (Å²) in [5, 5.41) is 2.95. The van der Waals surface area contributed by atoms with Crippen molar-refractivity contribution in [2.75, 3.05) is 7.11 Å². The fourth-order valence-electron chi connectivity index (χ4n) is 2.93. The zero-order valence-corrected chi connectivity index (χ0v) is 14.2. The molecule has 0 saturated heterocycles. The van der Waals surface area contributed by atoms with Gasteiger partial charge in [-0.3, -0.25) is 9.59 Å². The van der Waals surface area contributed by atoms with Gasteiger partial charge in [0.15, 0.2) is 17.3 Å². The molecule has 1 aliphatic rings. The lowest BCUT2D eigenvalue weighted by Gasteiger charge is -2.34. The highest BCUT2D eigenvalue weighted by molar-refractivity contribution is 5.98. The van der Waals surface area contributed by atoms with Crippen molar-refractivity contribution in [1.82, 2.24) is 5.32 Å². The van der Waals surface area contributed by atoms with Gasteiger partial charge in [-0.2, -0.15) is 0 Å². The highest BCUT2D eigenvalue weighted by Crippen LogP contribution is 2.25. The second-order valence-corrected chi connectivity index (χ2v) is 6.77. The first-order valence-corrected chi connectivity index (χ1v) is 8.26. The minimum atomic E-state index is -0.583. The number of benzene rings is 1. The first-order valence-electron chi connectivity index (χ1n) is 8.26. The Kier molecular flexibility index (Phi) is 5.94. The number of ketones is 1. The smallest absolute Gasteiger partial charge is 0.220 e. The van der Waals surface area contributed by atoms with E-state index in [1.807, 2.05) is 6.92 Å². The third-order valence-electron chi connectivity index (χ3n) is 4.55. The molecule has 0 bridgehead atoms. The SMILES string of the molecule is COc1ccc(C(=O)CCC(=O)NC2CCC(C)(N)CC2)cc1F. The Morgan fingerprint density at radius 1 is 1.33 bits per heavy atom. The van der Waals surface area contributed by atoms with Crippen LogP contribution in [0.25, 0.3) is 0 Å². The number of Topliss-reactive ketones (excluding diaryl/α,β-unsaturated/α-hetero) is 1. The third-order valence-corrected chi connectivity index (χ3v) is 4.55. The Bertz CT molecular complexity index is 606. The van der Waals surface area contributed by atoms with Crippen LogP contribution in [0, 0.1) is 5.82 Å². The van der Waals surface area contributed by atoms with Crippen LogP contribution in [0.4, 0.5) is 4.39 Å². The Hall–Kier alpha value is -1.95. The van der Waals surface area contributed by atoms with Crippen molar-refractivity contribution in [1.29, 1.82) is 0 Å². The molecule has 5 nitrogen and oxygen atoms in total. The van der Waals surface area contributed by atoms with Crippen LogP contribution in [0.5, 0.6) is 5.75 Å². The second-order valence-electron chi connectivity index (χ2n) is 6.77. The van der Waals surface area contributed by atoms with Gasteiger partial charge in [-0.25, -0.2) is 4.39 Å². The van der Waals surface area contributed by atoms with Crippen molar-refractivity contribution in [3.05, 3.63) is 29.6 Å². The molecule has 0 aromatic heterocycles. The average Bonchev–Trinajstić information content (AvgIpc) is 2.54. The topological polar surface area (TPSA) is 81.4 Å². The van der Waals surface area contributed by atoms with E-state index in [9.17, 15) is 14.0 Å². The van der Waals surface area contributed by atoms with E-state index in [1.54, 1.807) is 0 Å². The minimum absolute atomic E-state index is 0.0545. The number of rotatable bonds is 6. The molecular weight excluding hydrogens is 311 g/mol. The summed E-state index contributed by atoms with van der Waals surface area (Å²) in [5.74, 6) is -0.902. The van der Waals surface area contributed by atoms with E-state index in [2.05, 4.69) is 5.32 Å². The van der Waals surface area contributed by atoms with Crippen molar-refractivity contribution >= 4 is 11.7 Å². The molecule has 0 radical (unpaired) electrons. The fraction of sp³-hybridized carbons (Fsp3) is 0.556. The zero-order valence-electron chi connectivity index (χ0n) is 14.2. The van der Waals surface area contributed by atoms with Crippen LogP contribution in [0.1, 0.15) is 55.8 Å². The molecule has 1 aromatic rings. The van der Waals surface area contributed by atoms with Gasteiger partial charge in [0.2, 0.25) is 5.91 Å². The summed E-state index contributed by atoms with van der Waals surface area (Å²) >= 11 is 0. The number of halogens is 1. The molecule has 1 aromatic carbocycles. The van der Waals surface area contributed by atoms with Crippen molar-refractivity contribution in [2.45, 2.75) is 57.0 Å². The van der Waals surface area contributed by atoms with Gasteiger partial charge >= 0.3 is 0 Å². The monoisotopic (exact) mass is 336 g/mol. The van der Waals surface area contributed by atoms with E-state index < -0.39 is 5.82 Å². The van der Waals surface area contributed by atoms with Gasteiger partial charge in [-0.15, -0.1) is 0 Å². The molecule has 0 atom stereocenters. The van der Waals surface area contributed by atoms with Gasteiger partial charge in [-0.1, -0.05) is 0 Å². The lowest BCUT2D eigenvalue weighted by Crippen LogP contribution is -2.46. The molecule has 3 N–H and O–H groups in total. The molecule has 0 unspecified atom stereocenters. The van der Waals surface area contributed by atoms with Crippen LogP contribution in [0.2, 0.25) is 0 Å². The van der Waals surface area contributed by atoms with Crippen LogP contribution < -0.4 is 15.8 Å². The number of nitrogens with two attached hydrogens (primary N) is 1. The maximum atomic E-state index is 13.6. The van der Waals surface area contributed by atoms with E-state index >= 15 is 0 Å². The quantitative estimate of drug-likeness (QED) is 0.782. The van der Waals surface area contributed by atoms with Gasteiger partial charge < -0.3 is 15.8 Å². The third kappa shape index (κ3) is 5.03. The Labute approximate surface area is 141 Å². The fourth-order valence-corrected chi connectivity index (χ4v) is 2.93. The van der Waals surface area contributed by atoms with Gasteiger partial charge in [0.1, 0.15) is 0 Å². The summed E-state index contributed by atoms with van der Waals surface area (Å²) in [5.41, 5.74) is 6.17. The summed E-state index contributed by atoms with van der Waals surface area (Å²) < 4.78 is 18.4. The highest BCUT2D eigenvalue weighted by atomic mass is 19.1. The number of amides is 1. The number of hydrogen-bond donors (Lipinski definition) is 2. The van der Waals surface area contributed by atoms with E-state index in [4.69, 9.17) is 10.5 Å². The van der Waals surface area contributed by atoms with Crippen molar-refractivity contribution in [2.24, 2.45) is 5.73 Å². The molecule has 0 aliphatic heterocycles. The average molecular weight is 336 g/mol. The summed E-state index contributed by atoms with van der Waals surface area (Å²) in [6, 6.07) is 4.19. The molecule has 1 aliphatic carbocycles. The van der Waals surface area contributed by atoms with E-state index in [1.165, 1.54) is 19.2 Å². The molecule has 6 heteroatoms. The molecule has 2 rings (SSSR count). The lowest BCUT2D eigenvalue weighted by atomic mass is 9.81. The molecule has 132 valence electrons. The summed E-state index contributed by atoms with van der Waals surface area (Å²) in [6.45, 7) is 2.03. The van der Waals surface area contributed by atoms with Crippen LogP contribution in [-0.2, 0) is 4.79 Å². The van der Waals surface area contributed by atoms with Gasteiger partial charge in [0, 0.05) is 30.0 Å². The first kappa shape index (κ1) is 18.4. The molecule has 24 heavy (non-hydrogen) atoms. The lowest BCUT2D eigenvalue weighted by molar-refractivity contribution is -0.122. The zero-order chi connectivity index (χ0) is 17.7. The van der Waals surface area contributed by atoms with E-state index in [-0.39, 0.29) is 47.4 Å². The van der Waals surface area contributed by atoms with Crippen LogP contribution in [0.15, 0.2) is 18.2 Å². The van der Waals surface area contributed by atoms with Gasteiger partial charge in [0.25, 0.3) is 0 Å². The summed E-state index contributed by atoms with van der Waals surface area (Å²) in [6.07, 6.45) is 3.62. The number of methoxy groups -OCH3 is 1. The van der Waals surface area contributed by atoms with Crippen molar-refractivity contribution in [3.63, 3.8) is 0 Å². The Morgan fingerprint density at radius 3 is 2.58 bits per heavy atom. The second kappa shape index (κ2) is 7.75. The van der Waals surface area contributed by atoms with E-state index in [0.717, 1.165) is 31.7 Å². The molecule has 0 spiro atoms. The maximum Gasteiger partial charge on any atom is 0.220 e. The molecule has 1 amide bonds. The van der Waals surface area contributed by atoms with E-state index in [0.29, 0.717) is 0 Å². The number of carbonyl (C=O) groups excluding carboxylic acids is 2.